The highest BCUT2D eigenvalue weighted by molar-refractivity contribution is 7.32. The fraction of sp³-hybridized carbons (Fsp3) is 0.750. The second-order valence-corrected chi connectivity index (χ2v) is 4.85. The van der Waals surface area contributed by atoms with Gasteiger partial charge in [-0.1, -0.05) is 26.7 Å². The van der Waals surface area contributed by atoms with E-state index in [1.807, 2.05) is 0 Å². The molecule has 1 N–H and O–H groups in total. The Kier molecular flexibility index (Phi) is 14.0. The van der Waals surface area contributed by atoms with Crippen LogP contribution in [0.2, 0.25) is 0 Å². The lowest BCUT2D eigenvalue weighted by Crippen LogP contribution is -2.09. The number of hydrogen-bond donors (Lipinski definition) is 1. The zero-order valence-electron chi connectivity index (χ0n) is 11.9. The number of esters is 1. The minimum absolute atomic E-state index is 0.0402. The molecule has 5 nitrogen and oxygen atoms in total. The van der Waals surface area contributed by atoms with Gasteiger partial charge in [0.15, 0.2) is 0 Å². The van der Waals surface area contributed by atoms with E-state index in [9.17, 15) is 9.36 Å². The standard InChI is InChI=1S/C8H15O5P.C4H10/c1-6(2)13-8(9)4-7(3)5-12-14(10)11;1-3-4-2/h4,6,14H,5H2,1-3H3,(H,10,11);3-4H2,1-2H3/b7-4+;. The Balaban J connectivity index is 0. The van der Waals surface area contributed by atoms with E-state index in [2.05, 4.69) is 18.4 Å². The van der Waals surface area contributed by atoms with Gasteiger partial charge in [-0.25, -0.2) is 4.79 Å². The minimum atomic E-state index is -2.93. The number of hydrogen-bond acceptors (Lipinski definition) is 4. The molecule has 0 rings (SSSR count). The van der Waals surface area contributed by atoms with E-state index in [1.54, 1.807) is 20.8 Å². The van der Waals surface area contributed by atoms with Crippen LogP contribution in [0, 0.1) is 0 Å². The van der Waals surface area contributed by atoms with Crippen LogP contribution in [0.1, 0.15) is 47.5 Å². The normalized spacial score (nSPS) is 12.7. The average Bonchev–Trinajstić information content (AvgIpc) is 2.25. The first-order chi connectivity index (χ1) is 8.33. The third kappa shape index (κ3) is 17.7. The highest BCUT2D eigenvalue weighted by atomic mass is 31.1. The van der Waals surface area contributed by atoms with Crippen LogP contribution in [-0.4, -0.2) is 23.6 Å². The van der Waals surface area contributed by atoms with Gasteiger partial charge < -0.3 is 14.2 Å². The highest BCUT2D eigenvalue weighted by Crippen LogP contribution is 2.15. The predicted octanol–water partition coefficient (Wildman–Crippen LogP) is 3.09. The molecule has 0 aliphatic rings. The van der Waals surface area contributed by atoms with Gasteiger partial charge in [0.25, 0.3) is 0 Å². The Hall–Kier alpha value is -0.640. The van der Waals surface area contributed by atoms with Crippen LogP contribution in [-0.2, 0) is 18.6 Å². The van der Waals surface area contributed by atoms with E-state index in [1.165, 1.54) is 18.9 Å². The lowest BCUT2D eigenvalue weighted by Gasteiger charge is -2.05. The number of unbranched alkanes of at least 4 members (excludes halogenated alkanes) is 1. The summed E-state index contributed by atoms with van der Waals surface area (Å²) in [6.07, 6.45) is 3.70. The number of carbonyl (C=O) groups is 1. The first-order valence-electron chi connectivity index (χ1n) is 6.06. The molecular formula is C12H25O5P. The molecule has 1 atom stereocenters. The van der Waals surface area contributed by atoms with Crippen molar-refractivity contribution in [2.45, 2.75) is 53.6 Å². The van der Waals surface area contributed by atoms with Gasteiger partial charge in [-0.3, -0.25) is 4.57 Å². The lowest BCUT2D eigenvalue weighted by molar-refractivity contribution is -0.141. The van der Waals surface area contributed by atoms with E-state index < -0.39 is 14.2 Å². The predicted molar refractivity (Wildman–Crippen MR) is 72.7 cm³/mol. The largest absolute Gasteiger partial charge is 0.460 e. The molecule has 0 fully saturated rings. The summed E-state index contributed by atoms with van der Waals surface area (Å²) in [5, 5.41) is 0. The van der Waals surface area contributed by atoms with Gasteiger partial charge in [0.2, 0.25) is 0 Å². The van der Waals surface area contributed by atoms with Crippen molar-refractivity contribution >= 4 is 14.2 Å². The summed E-state index contributed by atoms with van der Waals surface area (Å²) in [6, 6.07) is 0. The van der Waals surface area contributed by atoms with E-state index >= 15 is 0 Å². The molecule has 0 aromatic carbocycles. The summed E-state index contributed by atoms with van der Waals surface area (Å²) in [5.74, 6) is -0.473. The van der Waals surface area contributed by atoms with Crippen LogP contribution < -0.4 is 0 Å². The summed E-state index contributed by atoms with van der Waals surface area (Å²) in [4.78, 5) is 19.4. The Morgan fingerprint density at radius 2 is 1.83 bits per heavy atom. The number of rotatable bonds is 6. The van der Waals surface area contributed by atoms with Crippen LogP contribution in [0.3, 0.4) is 0 Å². The van der Waals surface area contributed by atoms with Gasteiger partial charge in [0.1, 0.15) is 0 Å². The van der Waals surface area contributed by atoms with Gasteiger partial charge in [-0.05, 0) is 26.3 Å². The number of carbonyl (C=O) groups excluding carboxylic acids is 1. The van der Waals surface area contributed by atoms with Crippen molar-refractivity contribution in [3.05, 3.63) is 11.6 Å². The van der Waals surface area contributed by atoms with E-state index in [0.717, 1.165) is 0 Å². The molecule has 0 spiro atoms. The maximum Gasteiger partial charge on any atom is 0.331 e. The SMILES string of the molecule is C/C(=C\C(=O)OC(C)C)CO[PH](=O)O.CCCC. The fourth-order valence-electron chi connectivity index (χ4n) is 0.685. The van der Waals surface area contributed by atoms with Gasteiger partial charge in [-0.15, -0.1) is 0 Å². The Morgan fingerprint density at radius 1 is 1.33 bits per heavy atom. The van der Waals surface area contributed by atoms with Gasteiger partial charge in [0.05, 0.1) is 12.7 Å². The van der Waals surface area contributed by atoms with Crippen LogP contribution in [0.15, 0.2) is 11.6 Å². The second kappa shape index (κ2) is 12.8. The average molecular weight is 280 g/mol. The van der Waals surface area contributed by atoms with Crippen LogP contribution in [0.4, 0.5) is 0 Å². The highest BCUT2D eigenvalue weighted by Gasteiger charge is 2.02. The lowest BCUT2D eigenvalue weighted by atomic mass is 10.3. The van der Waals surface area contributed by atoms with Gasteiger partial charge >= 0.3 is 14.2 Å². The summed E-state index contributed by atoms with van der Waals surface area (Å²) < 4.78 is 19.4. The van der Waals surface area contributed by atoms with Crippen molar-refractivity contribution in [2.24, 2.45) is 0 Å². The van der Waals surface area contributed by atoms with Crippen molar-refractivity contribution in [1.29, 1.82) is 0 Å². The zero-order chi connectivity index (χ0) is 14.6. The molecule has 0 radical (unpaired) electrons. The molecule has 6 heteroatoms. The molecule has 0 aromatic heterocycles. The molecule has 0 bridgehead atoms. The molecule has 0 aliphatic carbocycles. The summed E-state index contributed by atoms with van der Waals surface area (Å²) >= 11 is 0. The van der Waals surface area contributed by atoms with Crippen molar-refractivity contribution in [2.75, 3.05) is 6.61 Å². The third-order valence-electron chi connectivity index (χ3n) is 1.64. The molecule has 0 aliphatic heterocycles. The molecule has 0 saturated heterocycles. The zero-order valence-corrected chi connectivity index (χ0v) is 12.9. The second-order valence-electron chi connectivity index (χ2n) is 4.03. The van der Waals surface area contributed by atoms with Crippen LogP contribution >= 0.6 is 8.25 Å². The number of ether oxygens (including phenoxy) is 1. The van der Waals surface area contributed by atoms with Gasteiger partial charge in [-0.2, -0.15) is 0 Å². The topological polar surface area (TPSA) is 72.8 Å². The molecule has 0 amide bonds. The van der Waals surface area contributed by atoms with Crippen molar-refractivity contribution in [1.82, 2.24) is 0 Å². The maximum absolute atomic E-state index is 11.0. The minimum Gasteiger partial charge on any atom is -0.460 e. The van der Waals surface area contributed by atoms with Crippen LogP contribution in [0.25, 0.3) is 0 Å². The van der Waals surface area contributed by atoms with E-state index in [-0.39, 0.29) is 12.7 Å². The monoisotopic (exact) mass is 280 g/mol. The van der Waals surface area contributed by atoms with Gasteiger partial charge in [0, 0.05) is 6.08 Å². The molecule has 0 heterocycles. The molecule has 108 valence electrons. The Labute approximate surface area is 110 Å². The first kappa shape index (κ1) is 19.7. The third-order valence-corrected chi connectivity index (χ3v) is 2.03. The summed E-state index contributed by atoms with van der Waals surface area (Å²) in [7, 11) is -2.93. The Bertz CT molecular complexity index is 272. The molecule has 1 unspecified atom stereocenters. The van der Waals surface area contributed by atoms with Crippen LogP contribution in [0.5, 0.6) is 0 Å². The van der Waals surface area contributed by atoms with Crippen molar-refractivity contribution in [3.63, 3.8) is 0 Å². The summed E-state index contributed by atoms with van der Waals surface area (Å²) in [5.41, 5.74) is 0.544. The molecule has 0 saturated carbocycles. The van der Waals surface area contributed by atoms with E-state index in [4.69, 9.17) is 9.63 Å². The molecule has 0 aromatic rings. The smallest absolute Gasteiger partial charge is 0.331 e. The first-order valence-corrected chi connectivity index (χ1v) is 7.33. The van der Waals surface area contributed by atoms with E-state index in [0.29, 0.717) is 5.57 Å². The Morgan fingerprint density at radius 3 is 2.17 bits per heavy atom. The maximum atomic E-state index is 11.0. The molecular weight excluding hydrogens is 255 g/mol. The summed E-state index contributed by atoms with van der Waals surface area (Å²) in [6.45, 7) is 9.42. The fourth-order valence-corrected chi connectivity index (χ4v) is 1.04. The van der Waals surface area contributed by atoms with Crippen molar-refractivity contribution < 1.29 is 23.5 Å². The molecule has 18 heavy (non-hydrogen) atoms. The quantitative estimate of drug-likeness (QED) is 0.460. The van der Waals surface area contributed by atoms with Crippen molar-refractivity contribution in [3.8, 4) is 0 Å².